The van der Waals surface area contributed by atoms with Gasteiger partial charge in [0.1, 0.15) is 11.5 Å². The number of aromatic nitrogens is 1. The van der Waals surface area contributed by atoms with Gasteiger partial charge in [0.15, 0.2) is 15.0 Å². The fourth-order valence-corrected chi connectivity index (χ4v) is 6.26. The third-order valence-corrected chi connectivity index (χ3v) is 8.85. The lowest BCUT2D eigenvalue weighted by Gasteiger charge is -2.27. The molecular formula is C25H31N3O6S2. The smallest absolute Gasteiger partial charge is 0.229 e. The Kier molecular flexibility index (Phi) is 8.78. The number of fused-ring (bicyclic) bond motifs is 1. The van der Waals surface area contributed by atoms with Gasteiger partial charge in [0.05, 0.1) is 48.3 Å². The fraction of sp³-hybridized carbons (Fsp3) is 0.440. The molecule has 1 amide bonds. The number of thiazole rings is 1. The number of nitrogens with zero attached hydrogens (tertiary/aromatic N) is 3. The van der Waals surface area contributed by atoms with Gasteiger partial charge in [-0.25, -0.2) is 13.4 Å². The number of carbonyl (C=O) groups excluding carboxylic acids is 1. The number of morpholine rings is 1. The largest absolute Gasteiger partial charge is 0.497 e. The lowest BCUT2D eigenvalue weighted by Crippen LogP contribution is -2.39. The SMILES string of the molecule is COc1ccc(S(=O)(=O)CCC(=O)N(CCCN2CCOCC2)c2nc3ccc(OC)cc3s2)cc1. The summed E-state index contributed by atoms with van der Waals surface area (Å²) in [6, 6.07) is 11.8. The Hall–Kier alpha value is -2.73. The third kappa shape index (κ3) is 6.52. The van der Waals surface area contributed by atoms with Crippen LogP contribution in [0.4, 0.5) is 5.13 Å². The maximum Gasteiger partial charge on any atom is 0.229 e. The highest BCUT2D eigenvalue weighted by atomic mass is 32.2. The number of anilines is 1. The van der Waals surface area contributed by atoms with Crippen molar-refractivity contribution in [3.05, 3.63) is 42.5 Å². The number of rotatable bonds is 11. The van der Waals surface area contributed by atoms with Crippen molar-refractivity contribution in [1.82, 2.24) is 9.88 Å². The molecule has 0 radical (unpaired) electrons. The fourth-order valence-electron chi connectivity index (χ4n) is 4.00. The summed E-state index contributed by atoms with van der Waals surface area (Å²) < 4.78 is 42.5. The van der Waals surface area contributed by atoms with Gasteiger partial charge in [0, 0.05) is 32.6 Å². The molecule has 0 spiro atoms. The Morgan fingerprint density at radius 3 is 2.47 bits per heavy atom. The zero-order valence-electron chi connectivity index (χ0n) is 20.5. The molecule has 0 aliphatic carbocycles. The first kappa shape index (κ1) is 26.3. The van der Waals surface area contributed by atoms with E-state index in [9.17, 15) is 13.2 Å². The van der Waals surface area contributed by atoms with Crippen LogP contribution < -0.4 is 14.4 Å². The second kappa shape index (κ2) is 12.0. The van der Waals surface area contributed by atoms with Crippen LogP contribution in [0.3, 0.4) is 0 Å². The summed E-state index contributed by atoms with van der Waals surface area (Å²) in [4.78, 5) is 22.1. The molecule has 0 atom stereocenters. The first-order valence-electron chi connectivity index (χ1n) is 11.8. The van der Waals surface area contributed by atoms with Gasteiger partial charge in [-0.1, -0.05) is 11.3 Å². The molecule has 1 fully saturated rings. The van der Waals surface area contributed by atoms with Crippen LogP contribution in [0.1, 0.15) is 12.8 Å². The number of ether oxygens (including phenoxy) is 3. The summed E-state index contributed by atoms with van der Waals surface area (Å²) in [6.07, 6.45) is 0.612. The summed E-state index contributed by atoms with van der Waals surface area (Å²) in [7, 11) is -0.499. The molecule has 2 aromatic carbocycles. The van der Waals surface area contributed by atoms with E-state index in [1.807, 2.05) is 18.2 Å². The zero-order chi connectivity index (χ0) is 25.5. The lowest BCUT2D eigenvalue weighted by molar-refractivity contribution is -0.118. The van der Waals surface area contributed by atoms with Crippen LogP contribution in [0, 0.1) is 0 Å². The van der Waals surface area contributed by atoms with Crippen LogP contribution in [-0.2, 0) is 19.4 Å². The Morgan fingerprint density at radius 1 is 1.08 bits per heavy atom. The van der Waals surface area contributed by atoms with E-state index in [1.165, 1.54) is 30.6 Å². The maximum absolute atomic E-state index is 13.4. The summed E-state index contributed by atoms with van der Waals surface area (Å²) >= 11 is 1.40. The number of carbonyl (C=O) groups is 1. The van der Waals surface area contributed by atoms with Crippen LogP contribution in [0.2, 0.25) is 0 Å². The van der Waals surface area contributed by atoms with E-state index in [0.717, 1.165) is 36.3 Å². The minimum absolute atomic E-state index is 0.134. The molecule has 11 heteroatoms. The van der Waals surface area contributed by atoms with Gasteiger partial charge in [0.25, 0.3) is 0 Å². The first-order valence-corrected chi connectivity index (χ1v) is 14.3. The molecule has 3 aromatic rings. The van der Waals surface area contributed by atoms with Gasteiger partial charge in [-0.05, 0) is 48.9 Å². The number of hydrogen-bond acceptors (Lipinski definition) is 9. The second-order valence-electron chi connectivity index (χ2n) is 8.43. The predicted molar refractivity (Wildman–Crippen MR) is 140 cm³/mol. The monoisotopic (exact) mass is 533 g/mol. The molecule has 2 heterocycles. The van der Waals surface area contributed by atoms with Gasteiger partial charge >= 0.3 is 0 Å². The molecule has 0 N–H and O–H groups in total. The van der Waals surface area contributed by atoms with E-state index < -0.39 is 9.84 Å². The van der Waals surface area contributed by atoms with Crippen LogP contribution in [0.15, 0.2) is 47.4 Å². The highest BCUT2D eigenvalue weighted by Gasteiger charge is 2.24. The van der Waals surface area contributed by atoms with Gasteiger partial charge in [-0.3, -0.25) is 14.6 Å². The topological polar surface area (TPSA) is 98.3 Å². The minimum atomic E-state index is -3.63. The molecule has 1 saturated heterocycles. The van der Waals surface area contributed by atoms with Crippen LogP contribution in [0.25, 0.3) is 10.2 Å². The van der Waals surface area contributed by atoms with Crippen molar-refractivity contribution in [2.45, 2.75) is 17.7 Å². The molecule has 1 aliphatic heterocycles. The van der Waals surface area contributed by atoms with Crippen molar-refractivity contribution in [1.29, 1.82) is 0 Å². The lowest BCUT2D eigenvalue weighted by atomic mass is 10.3. The molecular weight excluding hydrogens is 502 g/mol. The first-order chi connectivity index (χ1) is 17.4. The van der Waals surface area contributed by atoms with Crippen molar-refractivity contribution in [3.63, 3.8) is 0 Å². The highest BCUT2D eigenvalue weighted by molar-refractivity contribution is 7.91. The van der Waals surface area contributed by atoms with E-state index >= 15 is 0 Å². The van der Waals surface area contributed by atoms with Crippen molar-refractivity contribution in [2.24, 2.45) is 0 Å². The van der Waals surface area contributed by atoms with Crippen LogP contribution in [-0.4, -0.2) is 83.6 Å². The number of amides is 1. The average Bonchev–Trinajstić information content (AvgIpc) is 3.33. The van der Waals surface area contributed by atoms with Gasteiger partial charge < -0.3 is 14.2 Å². The summed E-state index contributed by atoms with van der Waals surface area (Å²) in [5.74, 6) is 0.745. The molecule has 0 unspecified atom stereocenters. The standard InChI is InChI=1S/C25H31N3O6S2/c1-32-19-4-7-21(8-5-19)36(30,31)17-10-24(29)28(12-3-11-27-13-15-34-16-14-27)25-26-22-9-6-20(33-2)18-23(22)35-25/h4-9,18H,3,10-17H2,1-2H3. The molecule has 9 nitrogen and oxygen atoms in total. The van der Waals surface area contributed by atoms with Crippen molar-refractivity contribution >= 4 is 42.4 Å². The summed E-state index contributed by atoms with van der Waals surface area (Å²) in [5, 5.41) is 0.562. The Labute approximate surface area is 215 Å². The minimum Gasteiger partial charge on any atom is -0.497 e. The summed E-state index contributed by atoms with van der Waals surface area (Å²) in [6.45, 7) is 4.45. The van der Waals surface area contributed by atoms with Gasteiger partial charge in [-0.15, -0.1) is 0 Å². The van der Waals surface area contributed by atoms with Gasteiger partial charge in [0.2, 0.25) is 5.91 Å². The number of benzene rings is 2. The molecule has 1 aliphatic rings. The predicted octanol–water partition coefficient (Wildman–Crippen LogP) is 3.23. The Morgan fingerprint density at radius 2 is 1.78 bits per heavy atom. The van der Waals surface area contributed by atoms with Crippen LogP contribution >= 0.6 is 11.3 Å². The van der Waals surface area contributed by atoms with E-state index in [2.05, 4.69) is 9.88 Å². The quantitative estimate of drug-likeness (QED) is 0.371. The number of sulfone groups is 1. The van der Waals surface area contributed by atoms with Crippen molar-refractivity contribution in [2.75, 3.05) is 64.3 Å². The van der Waals surface area contributed by atoms with Crippen molar-refractivity contribution < 1.29 is 27.4 Å². The molecule has 36 heavy (non-hydrogen) atoms. The van der Waals surface area contributed by atoms with E-state index in [-0.39, 0.29) is 23.0 Å². The number of methoxy groups -OCH3 is 2. The van der Waals surface area contributed by atoms with Crippen LogP contribution in [0.5, 0.6) is 11.5 Å². The maximum atomic E-state index is 13.4. The van der Waals surface area contributed by atoms with E-state index in [4.69, 9.17) is 14.2 Å². The molecule has 194 valence electrons. The van der Waals surface area contributed by atoms with Gasteiger partial charge in [-0.2, -0.15) is 0 Å². The third-order valence-electron chi connectivity index (χ3n) is 6.08. The summed E-state index contributed by atoms with van der Waals surface area (Å²) in [5.41, 5.74) is 0.771. The zero-order valence-corrected chi connectivity index (χ0v) is 22.1. The molecule has 1 aromatic heterocycles. The highest BCUT2D eigenvalue weighted by Crippen LogP contribution is 2.32. The average molecular weight is 534 g/mol. The van der Waals surface area contributed by atoms with E-state index in [0.29, 0.717) is 36.4 Å². The van der Waals surface area contributed by atoms with Crippen molar-refractivity contribution in [3.8, 4) is 11.5 Å². The molecule has 4 rings (SSSR count). The molecule has 0 bridgehead atoms. The Bertz CT molecular complexity index is 1270. The molecule has 0 saturated carbocycles. The van der Waals surface area contributed by atoms with E-state index in [1.54, 1.807) is 24.1 Å². The Balaban J connectivity index is 1.49. The second-order valence-corrected chi connectivity index (χ2v) is 11.5. The number of hydrogen-bond donors (Lipinski definition) is 0. The normalized spacial score (nSPS) is 14.6.